The number of carbonyl (C=O) groups is 3. The third-order valence-electron chi connectivity index (χ3n) is 6.13. The van der Waals surface area contributed by atoms with Crippen molar-refractivity contribution in [1.29, 1.82) is 0 Å². The van der Waals surface area contributed by atoms with Gasteiger partial charge in [0, 0.05) is 38.6 Å². The van der Waals surface area contributed by atoms with Crippen LogP contribution in [0.15, 0.2) is 72.8 Å². The van der Waals surface area contributed by atoms with Crippen molar-refractivity contribution < 1.29 is 19.1 Å². The standard InChI is InChI=1S/C27H21Cl2N3O4/c1-2-36-24(34)15-30-21-12-18(29)13-22-25(21)27(26(35)31-22)20(16-7-4-3-5-8-16)14-23(33)32(27)19-10-6-9-17(28)11-19/h3-14,30H,2,15H2,1H3,(H,31,35). The number of anilines is 3. The van der Waals surface area contributed by atoms with E-state index in [0.717, 1.165) is 0 Å². The molecule has 3 aromatic rings. The average Bonchev–Trinajstić information content (AvgIpc) is 3.31. The minimum absolute atomic E-state index is 0.152. The molecule has 0 saturated heterocycles. The van der Waals surface area contributed by atoms with Gasteiger partial charge in [0.1, 0.15) is 6.54 Å². The number of hydrogen-bond acceptors (Lipinski definition) is 5. The largest absolute Gasteiger partial charge is 0.465 e. The topological polar surface area (TPSA) is 87.7 Å². The van der Waals surface area contributed by atoms with Crippen molar-refractivity contribution in [2.75, 3.05) is 28.7 Å². The van der Waals surface area contributed by atoms with Crippen LogP contribution in [0.3, 0.4) is 0 Å². The summed E-state index contributed by atoms with van der Waals surface area (Å²) in [5.74, 6) is -1.28. The van der Waals surface area contributed by atoms with Crippen molar-refractivity contribution in [3.05, 3.63) is 94.0 Å². The highest BCUT2D eigenvalue weighted by Gasteiger charge is 2.61. The van der Waals surface area contributed by atoms with Crippen LogP contribution >= 0.6 is 23.2 Å². The van der Waals surface area contributed by atoms with Crippen LogP contribution in [-0.4, -0.2) is 30.9 Å². The highest BCUT2D eigenvalue weighted by molar-refractivity contribution is 6.34. The van der Waals surface area contributed by atoms with Crippen molar-refractivity contribution in [3.63, 3.8) is 0 Å². The molecule has 2 aliphatic rings. The number of hydrogen-bond donors (Lipinski definition) is 2. The fourth-order valence-corrected chi connectivity index (χ4v) is 5.24. The number of carbonyl (C=O) groups excluding carboxylic acids is 3. The molecule has 0 aliphatic carbocycles. The Balaban J connectivity index is 1.77. The number of benzene rings is 3. The highest BCUT2D eigenvalue weighted by atomic mass is 35.5. The van der Waals surface area contributed by atoms with Crippen LogP contribution in [0.2, 0.25) is 10.0 Å². The Morgan fingerprint density at radius 3 is 2.53 bits per heavy atom. The molecule has 1 unspecified atom stereocenters. The molecular weight excluding hydrogens is 501 g/mol. The molecule has 2 amide bonds. The van der Waals surface area contributed by atoms with Crippen LogP contribution in [0.1, 0.15) is 18.1 Å². The zero-order valence-electron chi connectivity index (χ0n) is 19.2. The summed E-state index contributed by atoms with van der Waals surface area (Å²) in [5, 5.41) is 6.75. The minimum Gasteiger partial charge on any atom is -0.465 e. The summed E-state index contributed by atoms with van der Waals surface area (Å²) >= 11 is 12.7. The van der Waals surface area contributed by atoms with Gasteiger partial charge in [0.25, 0.3) is 11.8 Å². The van der Waals surface area contributed by atoms with Gasteiger partial charge >= 0.3 is 5.97 Å². The van der Waals surface area contributed by atoms with Crippen molar-refractivity contribution in [2.24, 2.45) is 0 Å². The molecule has 0 saturated carbocycles. The fraction of sp³-hybridized carbons (Fsp3) is 0.148. The first-order valence-electron chi connectivity index (χ1n) is 11.3. The van der Waals surface area contributed by atoms with Crippen molar-refractivity contribution in [1.82, 2.24) is 0 Å². The normalized spacial score (nSPS) is 18.2. The number of amides is 2. The molecule has 0 fully saturated rings. The summed E-state index contributed by atoms with van der Waals surface area (Å²) in [4.78, 5) is 41.2. The number of esters is 1. The fourth-order valence-electron chi connectivity index (χ4n) is 4.83. The third-order valence-corrected chi connectivity index (χ3v) is 6.59. The molecule has 5 rings (SSSR count). The van der Waals surface area contributed by atoms with Crippen LogP contribution in [0, 0.1) is 0 Å². The Labute approximate surface area is 217 Å². The Hall–Kier alpha value is -3.81. The molecule has 0 radical (unpaired) electrons. The molecular formula is C27H21Cl2N3O4. The maximum absolute atomic E-state index is 14.0. The molecule has 182 valence electrons. The lowest BCUT2D eigenvalue weighted by Crippen LogP contribution is -2.51. The number of ether oxygens (including phenoxy) is 1. The van der Waals surface area contributed by atoms with E-state index in [0.29, 0.717) is 43.8 Å². The predicted molar refractivity (Wildman–Crippen MR) is 140 cm³/mol. The van der Waals surface area contributed by atoms with E-state index < -0.39 is 17.4 Å². The molecule has 2 aliphatic heterocycles. The third kappa shape index (κ3) is 3.81. The summed E-state index contributed by atoms with van der Waals surface area (Å²) in [6, 6.07) is 19.2. The van der Waals surface area contributed by atoms with Crippen molar-refractivity contribution in [2.45, 2.75) is 12.5 Å². The van der Waals surface area contributed by atoms with Gasteiger partial charge in [-0.05, 0) is 42.8 Å². The minimum atomic E-state index is -1.58. The lowest BCUT2D eigenvalue weighted by molar-refractivity contribution is -0.140. The number of nitrogens with zero attached hydrogens (tertiary/aromatic N) is 1. The predicted octanol–water partition coefficient (Wildman–Crippen LogP) is 5.25. The van der Waals surface area contributed by atoms with Crippen molar-refractivity contribution in [3.8, 4) is 0 Å². The first kappa shape index (κ1) is 23.9. The van der Waals surface area contributed by atoms with Crippen LogP contribution in [0.25, 0.3) is 5.57 Å². The molecule has 0 aromatic heterocycles. The van der Waals surface area contributed by atoms with Gasteiger partial charge in [0.05, 0.1) is 12.3 Å². The van der Waals surface area contributed by atoms with Crippen LogP contribution in [-0.2, 0) is 24.7 Å². The van der Waals surface area contributed by atoms with Gasteiger partial charge in [-0.1, -0.05) is 59.6 Å². The smallest absolute Gasteiger partial charge is 0.325 e. The number of nitrogens with one attached hydrogen (secondary N) is 2. The van der Waals surface area contributed by atoms with E-state index in [1.165, 1.54) is 11.0 Å². The van der Waals surface area contributed by atoms with E-state index >= 15 is 0 Å². The average molecular weight is 522 g/mol. The molecule has 0 bridgehead atoms. The van der Waals surface area contributed by atoms with Gasteiger partial charge in [-0.15, -0.1) is 0 Å². The molecule has 7 nitrogen and oxygen atoms in total. The van der Waals surface area contributed by atoms with E-state index in [4.69, 9.17) is 27.9 Å². The number of fused-ring (bicyclic) bond motifs is 2. The maximum atomic E-state index is 14.0. The van der Waals surface area contributed by atoms with E-state index in [9.17, 15) is 14.4 Å². The van der Waals surface area contributed by atoms with Crippen LogP contribution in [0.4, 0.5) is 17.1 Å². The molecule has 1 spiro atoms. The Kier molecular flexibility index (Phi) is 6.20. The number of rotatable bonds is 6. The Morgan fingerprint density at radius 2 is 1.81 bits per heavy atom. The van der Waals surface area contributed by atoms with Gasteiger partial charge in [0.15, 0.2) is 5.54 Å². The Bertz CT molecular complexity index is 1420. The van der Waals surface area contributed by atoms with Gasteiger partial charge < -0.3 is 15.4 Å². The second kappa shape index (κ2) is 9.33. The van der Waals surface area contributed by atoms with E-state index in [1.807, 2.05) is 30.3 Å². The van der Waals surface area contributed by atoms with Crippen molar-refractivity contribution >= 4 is 63.6 Å². The Morgan fingerprint density at radius 1 is 1.03 bits per heavy atom. The molecule has 3 aromatic carbocycles. The molecule has 36 heavy (non-hydrogen) atoms. The monoisotopic (exact) mass is 521 g/mol. The van der Waals surface area contributed by atoms with Gasteiger partial charge in [-0.25, -0.2) is 0 Å². The summed E-state index contributed by atoms with van der Waals surface area (Å²) in [7, 11) is 0. The lowest BCUT2D eigenvalue weighted by atomic mass is 9.79. The summed E-state index contributed by atoms with van der Waals surface area (Å²) in [6.45, 7) is 1.80. The zero-order valence-corrected chi connectivity index (χ0v) is 20.7. The zero-order chi connectivity index (χ0) is 25.4. The second-order valence-corrected chi connectivity index (χ2v) is 9.15. The molecule has 2 heterocycles. The number of halogens is 2. The van der Waals surface area contributed by atoms with E-state index in [2.05, 4.69) is 10.6 Å². The highest BCUT2D eigenvalue weighted by Crippen LogP contribution is 2.56. The summed E-state index contributed by atoms with van der Waals surface area (Å²) < 4.78 is 5.05. The first-order valence-corrected chi connectivity index (χ1v) is 12.0. The van der Waals surface area contributed by atoms with E-state index in [1.54, 1.807) is 43.3 Å². The molecule has 1 atom stereocenters. The second-order valence-electron chi connectivity index (χ2n) is 8.28. The van der Waals surface area contributed by atoms with E-state index in [-0.39, 0.29) is 19.1 Å². The van der Waals surface area contributed by atoms with Gasteiger partial charge in [0.2, 0.25) is 0 Å². The van der Waals surface area contributed by atoms with Gasteiger partial charge in [-0.2, -0.15) is 0 Å². The lowest BCUT2D eigenvalue weighted by Gasteiger charge is -2.37. The quantitative estimate of drug-likeness (QED) is 0.432. The van der Waals surface area contributed by atoms with Crippen LogP contribution < -0.4 is 15.5 Å². The summed E-state index contributed by atoms with van der Waals surface area (Å²) in [5.41, 5.74) is 1.39. The molecule has 9 heteroatoms. The molecule has 2 N–H and O–H groups in total. The first-order chi connectivity index (χ1) is 17.4. The van der Waals surface area contributed by atoms with Gasteiger partial charge in [-0.3, -0.25) is 19.3 Å². The maximum Gasteiger partial charge on any atom is 0.325 e. The SMILES string of the molecule is CCOC(=O)CNc1cc(Cl)cc2c1C1(C(=O)N2)C(c2ccccc2)=CC(=O)N1c1cccc(Cl)c1. The van der Waals surface area contributed by atoms with Crippen LogP contribution in [0.5, 0.6) is 0 Å². The summed E-state index contributed by atoms with van der Waals surface area (Å²) in [6.07, 6.45) is 1.47.